The van der Waals surface area contributed by atoms with E-state index >= 15 is 0 Å². The average Bonchev–Trinajstić information content (AvgIpc) is 2.34. The second-order valence-electron chi connectivity index (χ2n) is 3.63. The zero-order valence-corrected chi connectivity index (χ0v) is 9.88. The Balaban J connectivity index is 2.39. The minimum Gasteiger partial charge on any atom is -0.381 e. The maximum Gasteiger partial charge on any atom is 0.166 e. The van der Waals surface area contributed by atoms with Gasteiger partial charge in [-0.15, -0.1) is 0 Å². The van der Waals surface area contributed by atoms with E-state index in [2.05, 4.69) is 9.97 Å². The second-order valence-corrected chi connectivity index (χ2v) is 4.01. The van der Waals surface area contributed by atoms with Crippen molar-refractivity contribution in [1.29, 1.82) is 0 Å². The Bertz CT molecular complexity index is 604. The maximum absolute atomic E-state index is 13.5. The van der Waals surface area contributed by atoms with E-state index in [1.54, 1.807) is 0 Å². The van der Waals surface area contributed by atoms with Crippen LogP contribution in [-0.2, 0) is 6.42 Å². The van der Waals surface area contributed by atoms with Crippen LogP contribution in [0.15, 0.2) is 18.3 Å². The van der Waals surface area contributed by atoms with E-state index in [4.69, 9.17) is 23.1 Å². The molecule has 1 aromatic heterocycles. The first-order valence-corrected chi connectivity index (χ1v) is 5.36. The second kappa shape index (κ2) is 4.73. The normalized spacial score (nSPS) is 10.6. The standard InChI is InChI=1S/C11H9ClF2N4/c12-9-6(7(13)1-2-8(9)14)3-5-4-17-10(15)11(16)18-5/h1-2,4H,3H2,(H2,15,17)(H2,16,18). The molecule has 1 heterocycles. The van der Waals surface area contributed by atoms with Gasteiger partial charge >= 0.3 is 0 Å². The summed E-state index contributed by atoms with van der Waals surface area (Å²) in [4.78, 5) is 7.71. The van der Waals surface area contributed by atoms with Crippen molar-refractivity contribution in [2.45, 2.75) is 6.42 Å². The van der Waals surface area contributed by atoms with Crippen LogP contribution in [-0.4, -0.2) is 9.97 Å². The number of rotatable bonds is 2. The van der Waals surface area contributed by atoms with Crippen molar-refractivity contribution in [2.24, 2.45) is 0 Å². The summed E-state index contributed by atoms with van der Waals surface area (Å²) in [5.74, 6) is -1.17. The molecule has 0 atom stereocenters. The Hall–Kier alpha value is -1.95. The van der Waals surface area contributed by atoms with E-state index in [-0.39, 0.29) is 28.6 Å². The van der Waals surface area contributed by atoms with Crippen LogP contribution in [0, 0.1) is 11.6 Å². The molecule has 0 saturated heterocycles. The van der Waals surface area contributed by atoms with Gasteiger partial charge in [-0.25, -0.2) is 18.7 Å². The molecule has 4 N–H and O–H groups in total. The molecule has 4 nitrogen and oxygen atoms in total. The van der Waals surface area contributed by atoms with Crippen LogP contribution >= 0.6 is 11.6 Å². The van der Waals surface area contributed by atoms with Gasteiger partial charge in [0.05, 0.1) is 16.9 Å². The van der Waals surface area contributed by atoms with E-state index in [1.165, 1.54) is 6.20 Å². The van der Waals surface area contributed by atoms with Gasteiger partial charge in [-0.2, -0.15) is 0 Å². The van der Waals surface area contributed by atoms with Gasteiger partial charge in [-0.1, -0.05) is 11.6 Å². The van der Waals surface area contributed by atoms with E-state index in [9.17, 15) is 8.78 Å². The molecule has 0 radical (unpaired) electrons. The summed E-state index contributed by atoms with van der Waals surface area (Å²) in [5.41, 5.74) is 11.3. The summed E-state index contributed by atoms with van der Waals surface area (Å²) in [5, 5.41) is -0.271. The smallest absolute Gasteiger partial charge is 0.166 e. The molecule has 0 aliphatic rings. The third kappa shape index (κ3) is 2.33. The quantitative estimate of drug-likeness (QED) is 0.820. The van der Waals surface area contributed by atoms with E-state index in [1.807, 2.05) is 0 Å². The van der Waals surface area contributed by atoms with Crippen molar-refractivity contribution in [3.8, 4) is 0 Å². The van der Waals surface area contributed by atoms with Crippen molar-refractivity contribution in [2.75, 3.05) is 11.5 Å². The molecule has 2 aromatic rings. The van der Waals surface area contributed by atoms with Crippen molar-refractivity contribution in [3.05, 3.63) is 46.2 Å². The zero-order valence-electron chi connectivity index (χ0n) is 9.12. The van der Waals surface area contributed by atoms with Crippen LogP contribution in [0.5, 0.6) is 0 Å². The Kier molecular flexibility index (Phi) is 3.29. The highest BCUT2D eigenvalue weighted by Crippen LogP contribution is 2.25. The fourth-order valence-electron chi connectivity index (χ4n) is 1.45. The summed E-state index contributed by atoms with van der Waals surface area (Å²) in [6, 6.07) is 1.97. The first-order valence-electron chi connectivity index (χ1n) is 4.98. The van der Waals surface area contributed by atoms with Crippen LogP contribution in [0.3, 0.4) is 0 Å². The number of nitrogens with two attached hydrogens (primary N) is 2. The molecule has 1 aromatic carbocycles. The molecule has 2 rings (SSSR count). The fraction of sp³-hybridized carbons (Fsp3) is 0.0909. The maximum atomic E-state index is 13.5. The average molecular weight is 271 g/mol. The Morgan fingerprint density at radius 3 is 2.44 bits per heavy atom. The number of halogens is 3. The predicted octanol–water partition coefficient (Wildman–Crippen LogP) is 2.16. The van der Waals surface area contributed by atoms with Gasteiger partial charge in [0.1, 0.15) is 11.6 Å². The number of anilines is 2. The predicted molar refractivity (Wildman–Crippen MR) is 65.0 cm³/mol. The third-order valence-corrected chi connectivity index (χ3v) is 2.78. The van der Waals surface area contributed by atoms with Crippen molar-refractivity contribution >= 4 is 23.2 Å². The summed E-state index contributed by atoms with van der Waals surface area (Å²) in [6.45, 7) is 0. The topological polar surface area (TPSA) is 77.8 Å². The van der Waals surface area contributed by atoms with Crippen LogP contribution < -0.4 is 11.5 Å². The molecule has 18 heavy (non-hydrogen) atoms. The van der Waals surface area contributed by atoms with Crippen LogP contribution in [0.25, 0.3) is 0 Å². The minimum atomic E-state index is -0.690. The molecular weight excluding hydrogens is 262 g/mol. The summed E-state index contributed by atoms with van der Waals surface area (Å²) in [7, 11) is 0. The largest absolute Gasteiger partial charge is 0.381 e. The minimum absolute atomic E-state index is 0.00939. The van der Waals surface area contributed by atoms with E-state index in [0.29, 0.717) is 5.69 Å². The Morgan fingerprint density at radius 2 is 1.78 bits per heavy atom. The summed E-state index contributed by atoms with van der Waals surface area (Å²) >= 11 is 5.70. The molecule has 0 unspecified atom stereocenters. The Labute approximate surface area is 107 Å². The molecule has 0 aliphatic heterocycles. The van der Waals surface area contributed by atoms with Crippen molar-refractivity contribution in [1.82, 2.24) is 9.97 Å². The lowest BCUT2D eigenvalue weighted by atomic mass is 10.1. The molecule has 0 saturated carbocycles. The molecule has 0 aliphatic carbocycles. The van der Waals surface area contributed by atoms with Gasteiger partial charge in [0.2, 0.25) is 0 Å². The SMILES string of the molecule is Nc1ncc(Cc2c(F)ccc(F)c2Cl)nc1N. The molecule has 7 heteroatoms. The number of benzene rings is 1. The van der Waals surface area contributed by atoms with E-state index < -0.39 is 11.6 Å². The first kappa shape index (κ1) is 12.5. The summed E-state index contributed by atoms with van der Waals surface area (Å²) in [6.07, 6.45) is 1.33. The molecule has 94 valence electrons. The Morgan fingerprint density at radius 1 is 1.11 bits per heavy atom. The third-order valence-electron chi connectivity index (χ3n) is 2.38. The summed E-state index contributed by atoms with van der Waals surface area (Å²) < 4.78 is 26.8. The molecule has 0 amide bonds. The highest BCUT2D eigenvalue weighted by Gasteiger charge is 2.13. The van der Waals surface area contributed by atoms with Gasteiger partial charge in [0, 0.05) is 12.0 Å². The van der Waals surface area contributed by atoms with Gasteiger partial charge in [0.15, 0.2) is 11.6 Å². The number of nitrogen functional groups attached to an aromatic ring is 2. The van der Waals surface area contributed by atoms with E-state index in [0.717, 1.165) is 12.1 Å². The fourth-order valence-corrected chi connectivity index (χ4v) is 1.67. The lowest BCUT2D eigenvalue weighted by Crippen LogP contribution is -2.05. The monoisotopic (exact) mass is 270 g/mol. The lowest BCUT2D eigenvalue weighted by molar-refractivity contribution is 0.588. The van der Waals surface area contributed by atoms with Gasteiger partial charge in [-0.3, -0.25) is 0 Å². The zero-order chi connectivity index (χ0) is 13.3. The molecule has 0 bridgehead atoms. The number of nitrogens with zero attached hydrogens (tertiary/aromatic N) is 2. The van der Waals surface area contributed by atoms with Crippen LogP contribution in [0.4, 0.5) is 20.4 Å². The van der Waals surface area contributed by atoms with Crippen molar-refractivity contribution < 1.29 is 8.78 Å². The highest BCUT2D eigenvalue weighted by molar-refractivity contribution is 6.31. The molecule has 0 spiro atoms. The first-order chi connectivity index (χ1) is 8.49. The molecular formula is C11H9ClF2N4. The number of hydrogen-bond acceptors (Lipinski definition) is 4. The van der Waals surface area contributed by atoms with Gasteiger partial charge in [-0.05, 0) is 12.1 Å². The number of hydrogen-bond donors (Lipinski definition) is 2. The lowest BCUT2D eigenvalue weighted by Gasteiger charge is -2.07. The van der Waals surface area contributed by atoms with Crippen LogP contribution in [0.2, 0.25) is 5.02 Å². The highest BCUT2D eigenvalue weighted by atomic mass is 35.5. The van der Waals surface area contributed by atoms with Gasteiger partial charge in [0.25, 0.3) is 0 Å². The number of aromatic nitrogens is 2. The van der Waals surface area contributed by atoms with Gasteiger partial charge < -0.3 is 11.5 Å². The van der Waals surface area contributed by atoms with Crippen LogP contribution in [0.1, 0.15) is 11.3 Å². The molecule has 0 fully saturated rings. The van der Waals surface area contributed by atoms with Crippen molar-refractivity contribution in [3.63, 3.8) is 0 Å².